The van der Waals surface area contributed by atoms with E-state index in [1.807, 2.05) is 13.1 Å². The molecule has 1 aromatic heterocycles. The van der Waals surface area contributed by atoms with E-state index in [2.05, 4.69) is 22.1 Å². The van der Waals surface area contributed by atoms with Crippen LogP contribution in [0, 0.1) is 0 Å². The minimum Gasteiger partial charge on any atom is -0.464 e. The Labute approximate surface area is 118 Å². The van der Waals surface area contributed by atoms with Crippen molar-refractivity contribution in [3.63, 3.8) is 0 Å². The van der Waals surface area contributed by atoms with Gasteiger partial charge in [0, 0.05) is 31.2 Å². The van der Waals surface area contributed by atoms with E-state index in [0.29, 0.717) is 5.69 Å². The number of hydrogen-bond acceptors (Lipinski definition) is 4. The van der Waals surface area contributed by atoms with E-state index in [1.54, 1.807) is 4.68 Å². The molecule has 0 N–H and O–H groups in total. The summed E-state index contributed by atoms with van der Waals surface area (Å²) in [6.07, 6.45) is 3.81. The summed E-state index contributed by atoms with van der Waals surface area (Å²) in [5.41, 5.74) is 2.56. The Morgan fingerprint density at radius 3 is 2.70 bits per heavy atom. The van der Waals surface area contributed by atoms with Crippen molar-refractivity contribution >= 4 is 22.6 Å². The van der Waals surface area contributed by atoms with Crippen molar-refractivity contribution in [1.82, 2.24) is 9.78 Å². The van der Waals surface area contributed by atoms with Crippen LogP contribution in [-0.2, 0) is 11.8 Å². The summed E-state index contributed by atoms with van der Waals surface area (Å²) >= 11 is 0. The van der Waals surface area contributed by atoms with Crippen LogP contribution in [0.5, 0.6) is 0 Å². The van der Waals surface area contributed by atoms with Crippen molar-refractivity contribution in [2.45, 2.75) is 19.3 Å². The average molecular weight is 273 g/mol. The number of carbonyl (C=O) groups is 1. The maximum Gasteiger partial charge on any atom is 0.359 e. The lowest BCUT2D eigenvalue weighted by atomic mass is 10.1. The highest BCUT2D eigenvalue weighted by molar-refractivity contribution is 6.02. The lowest BCUT2D eigenvalue weighted by molar-refractivity contribution is 0.0595. The van der Waals surface area contributed by atoms with Gasteiger partial charge >= 0.3 is 5.97 Å². The standard InChI is InChI=1S/C15H19N3O2/c1-17-13-10-11(18-8-4-3-5-9-18)6-7-12(13)14(16-17)15(19)20-2/h6-7,10H,3-5,8-9H2,1-2H3. The van der Waals surface area contributed by atoms with Gasteiger partial charge in [-0.2, -0.15) is 5.10 Å². The molecule has 1 saturated heterocycles. The highest BCUT2D eigenvalue weighted by atomic mass is 16.5. The SMILES string of the molecule is COC(=O)c1nn(C)c2cc(N3CCCCC3)ccc12. The number of piperidine rings is 1. The third-order valence-electron chi connectivity index (χ3n) is 3.94. The van der Waals surface area contributed by atoms with Crippen LogP contribution in [0.3, 0.4) is 0 Å². The zero-order valence-corrected chi connectivity index (χ0v) is 11.9. The molecule has 5 nitrogen and oxygen atoms in total. The van der Waals surface area contributed by atoms with Crippen LogP contribution >= 0.6 is 0 Å². The topological polar surface area (TPSA) is 47.4 Å². The van der Waals surface area contributed by atoms with Crippen LogP contribution < -0.4 is 4.90 Å². The molecule has 0 spiro atoms. The minimum atomic E-state index is -0.388. The van der Waals surface area contributed by atoms with Gasteiger partial charge in [0.05, 0.1) is 12.6 Å². The molecule has 0 aliphatic carbocycles. The minimum absolute atomic E-state index is 0.384. The fourth-order valence-corrected chi connectivity index (χ4v) is 2.84. The third-order valence-corrected chi connectivity index (χ3v) is 3.94. The number of ether oxygens (including phenoxy) is 1. The largest absolute Gasteiger partial charge is 0.464 e. The van der Waals surface area contributed by atoms with Crippen LogP contribution in [0.25, 0.3) is 10.9 Å². The van der Waals surface area contributed by atoms with E-state index >= 15 is 0 Å². The van der Waals surface area contributed by atoms with Gasteiger partial charge in [-0.25, -0.2) is 4.79 Å². The van der Waals surface area contributed by atoms with Gasteiger partial charge in [-0.15, -0.1) is 0 Å². The summed E-state index contributed by atoms with van der Waals surface area (Å²) < 4.78 is 6.52. The number of fused-ring (bicyclic) bond motifs is 1. The quantitative estimate of drug-likeness (QED) is 0.788. The number of anilines is 1. The molecule has 0 saturated carbocycles. The van der Waals surface area contributed by atoms with Crippen molar-refractivity contribution in [3.8, 4) is 0 Å². The molecule has 0 bridgehead atoms. The number of hydrogen-bond donors (Lipinski definition) is 0. The Bertz CT molecular complexity index is 642. The summed E-state index contributed by atoms with van der Waals surface area (Å²) in [7, 11) is 3.24. The molecular formula is C15H19N3O2. The fourth-order valence-electron chi connectivity index (χ4n) is 2.84. The molecule has 1 aromatic carbocycles. The van der Waals surface area contributed by atoms with Gasteiger partial charge in [0.15, 0.2) is 5.69 Å². The molecule has 0 amide bonds. The first-order valence-electron chi connectivity index (χ1n) is 7.01. The second kappa shape index (κ2) is 5.15. The van der Waals surface area contributed by atoms with Crippen LogP contribution in [0.1, 0.15) is 29.8 Å². The molecule has 2 heterocycles. The van der Waals surface area contributed by atoms with Gasteiger partial charge in [-0.1, -0.05) is 0 Å². The number of nitrogens with zero attached hydrogens (tertiary/aromatic N) is 3. The number of carbonyl (C=O) groups excluding carboxylic acids is 1. The number of methoxy groups -OCH3 is 1. The number of rotatable bonds is 2. The van der Waals surface area contributed by atoms with Crippen LogP contribution in [0.2, 0.25) is 0 Å². The molecule has 1 aliphatic heterocycles. The number of aryl methyl sites for hydroxylation is 1. The zero-order chi connectivity index (χ0) is 14.1. The fraction of sp³-hybridized carbons (Fsp3) is 0.467. The maximum absolute atomic E-state index is 11.7. The average Bonchev–Trinajstić information content (AvgIpc) is 2.84. The Morgan fingerprint density at radius 2 is 2.00 bits per heavy atom. The number of esters is 1. The summed E-state index contributed by atoms with van der Waals surface area (Å²) in [5, 5.41) is 5.12. The molecule has 0 unspecified atom stereocenters. The highest BCUT2D eigenvalue weighted by Gasteiger charge is 2.18. The van der Waals surface area contributed by atoms with E-state index in [-0.39, 0.29) is 5.97 Å². The number of aromatic nitrogens is 2. The summed E-state index contributed by atoms with van der Waals surface area (Å²) in [4.78, 5) is 14.1. The molecule has 3 rings (SSSR count). The Morgan fingerprint density at radius 1 is 1.25 bits per heavy atom. The Kier molecular flexibility index (Phi) is 3.34. The highest BCUT2D eigenvalue weighted by Crippen LogP contribution is 2.26. The predicted molar refractivity (Wildman–Crippen MR) is 78.1 cm³/mol. The van der Waals surface area contributed by atoms with E-state index in [9.17, 15) is 4.79 Å². The molecule has 106 valence electrons. The van der Waals surface area contributed by atoms with Crippen LogP contribution in [0.4, 0.5) is 5.69 Å². The molecule has 1 fully saturated rings. The Balaban J connectivity index is 2.03. The molecule has 2 aromatic rings. The molecule has 5 heteroatoms. The van der Waals surface area contributed by atoms with Crippen molar-refractivity contribution in [1.29, 1.82) is 0 Å². The summed E-state index contributed by atoms with van der Waals surface area (Å²) in [6.45, 7) is 2.21. The predicted octanol–water partition coefficient (Wildman–Crippen LogP) is 2.35. The zero-order valence-electron chi connectivity index (χ0n) is 11.9. The molecule has 1 aliphatic rings. The lowest BCUT2D eigenvalue weighted by Crippen LogP contribution is -2.29. The van der Waals surface area contributed by atoms with E-state index in [4.69, 9.17) is 4.74 Å². The van der Waals surface area contributed by atoms with Crippen molar-refractivity contribution < 1.29 is 9.53 Å². The molecule has 20 heavy (non-hydrogen) atoms. The van der Waals surface area contributed by atoms with Crippen molar-refractivity contribution in [2.24, 2.45) is 7.05 Å². The Hall–Kier alpha value is -2.04. The smallest absolute Gasteiger partial charge is 0.359 e. The van der Waals surface area contributed by atoms with Gasteiger partial charge in [0.2, 0.25) is 0 Å². The van der Waals surface area contributed by atoms with Crippen LogP contribution in [-0.4, -0.2) is 35.9 Å². The van der Waals surface area contributed by atoms with Gasteiger partial charge in [-0.05, 0) is 37.5 Å². The van der Waals surface area contributed by atoms with Gasteiger partial charge in [0.1, 0.15) is 0 Å². The number of benzene rings is 1. The first-order valence-corrected chi connectivity index (χ1v) is 7.01. The lowest BCUT2D eigenvalue weighted by Gasteiger charge is -2.28. The van der Waals surface area contributed by atoms with E-state index in [1.165, 1.54) is 32.1 Å². The summed E-state index contributed by atoms with van der Waals surface area (Å²) in [6, 6.07) is 6.15. The van der Waals surface area contributed by atoms with Gasteiger partial charge in [-0.3, -0.25) is 4.68 Å². The van der Waals surface area contributed by atoms with E-state index in [0.717, 1.165) is 24.0 Å². The van der Waals surface area contributed by atoms with Gasteiger partial charge in [0.25, 0.3) is 0 Å². The third kappa shape index (κ3) is 2.13. The maximum atomic E-state index is 11.7. The first kappa shape index (κ1) is 13.0. The first-order chi connectivity index (χ1) is 9.70. The molecular weight excluding hydrogens is 254 g/mol. The van der Waals surface area contributed by atoms with Crippen molar-refractivity contribution in [3.05, 3.63) is 23.9 Å². The van der Waals surface area contributed by atoms with E-state index < -0.39 is 0 Å². The second-order valence-electron chi connectivity index (χ2n) is 5.21. The second-order valence-corrected chi connectivity index (χ2v) is 5.21. The normalized spacial score (nSPS) is 15.6. The molecule has 0 radical (unpaired) electrons. The van der Waals surface area contributed by atoms with Gasteiger partial charge < -0.3 is 9.64 Å². The monoisotopic (exact) mass is 273 g/mol. The summed E-state index contributed by atoms with van der Waals surface area (Å²) in [5.74, 6) is -0.388. The van der Waals surface area contributed by atoms with Crippen LogP contribution in [0.15, 0.2) is 18.2 Å². The van der Waals surface area contributed by atoms with Crippen molar-refractivity contribution in [2.75, 3.05) is 25.1 Å². The molecule has 0 atom stereocenters.